The van der Waals surface area contributed by atoms with Crippen molar-refractivity contribution in [1.82, 2.24) is 9.55 Å². The zero-order valence-corrected chi connectivity index (χ0v) is 9.35. The van der Waals surface area contributed by atoms with Gasteiger partial charge in [0.2, 0.25) is 5.28 Å². The van der Waals surface area contributed by atoms with Crippen molar-refractivity contribution in [3.05, 3.63) is 17.2 Å². The molecule has 0 spiro atoms. The second-order valence-electron chi connectivity index (χ2n) is 3.61. The summed E-state index contributed by atoms with van der Waals surface area (Å²) in [6.45, 7) is 0. The number of imidazole rings is 1. The van der Waals surface area contributed by atoms with Gasteiger partial charge in [-0.2, -0.15) is 0 Å². The van der Waals surface area contributed by atoms with Gasteiger partial charge >= 0.3 is 0 Å². The van der Waals surface area contributed by atoms with Crippen LogP contribution < -0.4 is 0 Å². The maximum absolute atomic E-state index is 11.3. The van der Waals surface area contributed by atoms with Gasteiger partial charge in [0.15, 0.2) is 9.84 Å². The van der Waals surface area contributed by atoms with Crippen LogP contribution >= 0.6 is 11.6 Å². The zero-order valence-electron chi connectivity index (χ0n) is 7.77. The molecule has 0 saturated carbocycles. The van der Waals surface area contributed by atoms with Gasteiger partial charge in [-0.3, -0.25) is 0 Å². The van der Waals surface area contributed by atoms with E-state index in [4.69, 9.17) is 11.6 Å². The van der Waals surface area contributed by atoms with E-state index >= 15 is 0 Å². The second kappa shape index (κ2) is 3.24. The molecule has 1 aromatic rings. The van der Waals surface area contributed by atoms with Gasteiger partial charge in [-0.1, -0.05) is 0 Å². The first kappa shape index (κ1) is 9.98. The molecule has 0 aromatic carbocycles. The average Bonchev–Trinajstić information content (AvgIpc) is 2.59. The van der Waals surface area contributed by atoms with Crippen molar-refractivity contribution in [3.63, 3.8) is 0 Å². The van der Waals surface area contributed by atoms with E-state index in [0.29, 0.717) is 11.7 Å². The Kier molecular flexibility index (Phi) is 2.31. The molecule has 4 nitrogen and oxygen atoms in total. The van der Waals surface area contributed by atoms with Crippen LogP contribution in [0.3, 0.4) is 0 Å². The summed E-state index contributed by atoms with van der Waals surface area (Å²) in [6, 6.07) is 0. The number of nitrogens with zero attached hydrogens (tertiary/aromatic N) is 2. The van der Waals surface area contributed by atoms with Crippen LogP contribution in [0, 0.1) is 0 Å². The van der Waals surface area contributed by atoms with Crippen molar-refractivity contribution >= 4 is 21.4 Å². The number of hydrogen-bond donors (Lipinski definition) is 0. The highest BCUT2D eigenvalue weighted by molar-refractivity contribution is 7.91. The first-order chi connectivity index (χ1) is 6.49. The number of halogens is 1. The molecule has 78 valence electrons. The summed E-state index contributed by atoms with van der Waals surface area (Å²) < 4.78 is 24.3. The molecule has 1 atom stereocenters. The van der Waals surface area contributed by atoms with Crippen molar-refractivity contribution in [2.45, 2.75) is 12.3 Å². The third kappa shape index (κ3) is 1.66. The number of rotatable bonds is 1. The minimum Gasteiger partial charge on any atom is -0.322 e. The van der Waals surface area contributed by atoms with Gasteiger partial charge in [-0.25, -0.2) is 13.4 Å². The number of aromatic nitrogens is 2. The van der Waals surface area contributed by atoms with E-state index in [1.807, 2.05) is 0 Å². The maximum Gasteiger partial charge on any atom is 0.202 e. The van der Waals surface area contributed by atoms with Crippen LogP contribution in [0.1, 0.15) is 18.0 Å². The molecule has 2 heterocycles. The molecular formula is C8H11ClN2O2S. The molecule has 0 bridgehead atoms. The van der Waals surface area contributed by atoms with Crippen molar-refractivity contribution in [1.29, 1.82) is 0 Å². The third-order valence-corrected chi connectivity index (χ3v) is 4.74. The Morgan fingerprint density at radius 1 is 1.64 bits per heavy atom. The normalized spacial score (nSPS) is 25.4. The van der Waals surface area contributed by atoms with E-state index < -0.39 is 9.84 Å². The summed E-state index contributed by atoms with van der Waals surface area (Å²) in [5, 5.41) is 0.407. The molecule has 1 unspecified atom stereocenters. The van der Waals surface area contributed by atoms with Crippen LogP contribution in [-0.4, -0.2) is 29.5 Å². The maximum atomic E-state index is 11.3. The SMILES string of the molecule is Cn1c(C2CCS(=O)(=O)C2)cnc1Cl. The summed E-state index contributed by atoms with van der Waals surface area (Å²) in [5.41, 5.74) is 0.913. The van der Waals surface area contributed by atoms with E-state index in [0.717, 1.165) is 5.69 Å². The average molecular weight is 235 g/mol. The molecule has 1 saturated heterocycles. The fraction of sp³-hybridized carbons (Fsp3) is 0.625. The predicted molar refractivity (Wildman–Crippen MR) is 54.2 cm³/mol. The Labute approximate surface area is 87.8 Å². The topological polar surface area (TPSA) is 52.0 Å². The van der Waals surface area contributed by atoms with Gasteiger partial charge in [0.25, 0.3) is 0 Å². The Hall–Kier alpha value is -0.550. The van der Waals surface area contributed by atoms with Gasteiger partial charge < -0.3 is 4.57 Å². The monoisotopic (exact) mass is 234 g/mol. The minimum absolute atomic E-state index is 0.0602. The second-order valence-corrected chi connectivity index (χ2v) is 6.18. The molecule has 1 fully saturated rings. The first-order valence-electron chi connectivity index (χ1n) is 4.37. The van der Waals surface area contributed by atoms with E-state index in [2.05, 4.69) is 4.98 Å². The quantitative estimate of drug-likeness (QED) is 0.728. The highest BCUT2D eigenvalue weighted by Crippen LogP contribution is 2.29. The van der Waals surface area contributed by atoms with E-state index in [9.17, 15) is 8.42 Å². The van der Waals surface area contributed by atoms with Crippen molar-refractivity contribution in [2.75, 3.05) is 11.5 Å². The van der Waals surface area contributed by atoms with Crippen molar-refractivity contribution in [3.8, 4) is 0 Å². The lowest BCUT2D eigenvalue weighted by atomic mass is 10.1. The summed E-state index contributed by atoms with van der Waals surface area (Å²) in [4.78, 5) is 3.94. The van der Waals surface area contributed by atoms with Gasteiger partial charge in [-0.05, 0) is 18.0 Å². The fourth-order valence-electron chi connectivity index (χ4n) is 1.81. The van der Waals surface area contributed by atoms with Crippen molar-refractivity contribution < 1.29 is 8.42 Å². The largest absolute Gasteiger partial charge is 0.322 e. The molecule has 1 aromatic heterocycles. The van der Waals surface area contributed by atoms with E-state index in [1.165, 1.54) is 0 Å². The fourth-order valence-corrected chi connectivity index (χ4v) is 3.71. The van der Waals surface area contributed by atoms with Crippen LogP contribution in [0.2, 0.25) is 5.28 Å². The van der Waals surface area contributed by atoms with Gasteiger partial charge in [0, 0.05) is 18.7 Å². The molecule has 0 amide bonds. The molecule has 1 aliphatic heterocycles. The highest BCUT2D eigenvalue weighted by Gasteiger charge is 2.31. The molecule has 0 radical (unpaired) electrons. The summed E-state index contributed by atoms with van der Waals surface area (Å²) in [7, 11) is -1.03. The number of sulfone groups is 1. The van der Waals surface area contributed by atoms with E-state index in [-0.39, 0.29) is 17.4 Å². The van der Waals surface area contributed by atoms with E-state index in [1.54, 1.807) is 17.8 Å². The Bertz CT molecular complexity index is 452. The third-order valence-electron chi connectivity index (χ3n) is 2.62. The van der Waals surface area contributed by atoms with Gasteiger partial charge in [0.05, 0.1) is 17.7 Å². The summed E-state index contributed by atoms with van der Waals surface area (Å²) >= 11 is 5.78. The van der Waals surface area contributed by atoms with Crippen LogP contribution in [0.25, 0.3) is 0 Å². The molecule has 14 heavy (non-hydrogen) atoms. The van der Waals surface area contributed by atoms with Gasteiger partial charge in [-0.15, -0.1) is 0 Å². The molecule has 0 N–H and O–H groups in total. The molecular weight excluding hydrogens is 224 g/mol. The van der Waals surface area contributed by atoms with Crippen LogP contribution in [0.5, 0.6) is 0 Å². The molecule has 2 rings (SSSR count). The lowest BCUT2D eigenvalue weighted by Gasteiger charge is -2.07. The summed E-state index contributed by atoms with van der Waals surface area (Å²) in [6.07, 6.45) is 2.34. The Morgan fingerprint density at radius 2 is 2.36 bits per heavy atom. The van der Waals surface area contributed by atoms with Gasteiger partial charge in [0.1, 0.15) is 0 Å². The lowest BCUT2D eigenvalue weighted by molar-refractivity contribution is 0.601. The smallest absolute Gasteiger partial charge is 0.202 e. The van der Waals surface area contributed by atoms with Crippen LogP contribution in [-0.2, 0) is 16.9 Å². The molecule has 6 heteroatoms. The lowest BCUT2D eigenvalue weighted by Crippen LogP contribution is -2.07. The van der Waals surface area contributed by atoms with Crippen LogP contribution in [0.15, 0.2) is 6.20 Å². The Morgan fingerprint density at radius 3 is 2.79 bits per heavy atom. The number of hydrogen-bond acceptors (Lipinski definition) is 3. The predicted octanol–water partition coefficient (Wildman–Crippen LogP) is 0.976. The Balaban J connectivity index is 2.30. The zero-order chi connectivity index (χ0) is 10.3. The van der Waals surface area contributed by atoms with Crippen molar-refractivity contribution in [2.24, 2.45) is 7.05 Å². The minimum atomic E-state index is -2.84. The summed E-state index contributed by atoms with van der Waals surface area (Å²) in [5.74, 6) is 0.563. The van der Waals surface area contributed by atoms with Crippen LogP contribution in [0.4, 0.5) is 0 Å². The highest BCUT2D eigenvalue weighted by atomic mass is 35.5. The standard InChI is InChI=1S/C8H11ClN2O2S/c1-11-7(4-10-8(11)9)6-2-3-14(12,13)5-6/h4,6H,2-3,5H2,1H3. The molecule has 0 aliphatic carbocycles. The first-order valence-corrected chi connectivity index (χ1v) is 6.57. The molecule has 1 aliphatic rings.